The number of sulfone groups is 1. The van der Waals surface area contributed by atoms with E-state index >= 15 is 0 Å². The van der Waals surface area contributed by atoms with Crippen LogP contribution in [-0.4, -0.2) is 26.5 Å². The van der Waals surface area contributed by atoms with E-state index in [0.29, 0.717) is 12.0 Å². The topological polar surface area (TPSA) is 60.2 Å². The quantitative estimate of drug-likeness (QED) is 0.931. The minimum absolute atomic E-state index is 0.0654. The van der Waals surface area contributed by atoms with Crippen molar-refractivity contribution in [3.05, 3.63) is 35.4 Å². The number of nitrogens with two attached hydrogens (primary N) is 1. The van der Waals surface area contributed by atoms with Gasteiger partial charge in [0.05, 0.1) is 17.1 Å². The van der Waals surface area contributed by atoms with Crippen LogP contribution in [0.25, 0.3) is 0 Å². The molecule has 2 rings (SSSR count). The Kier molecular flexibility index (Phi) is 4.63. The summed E-state index contributed by atoms with van der Waals surface area (Å²) in [6.45, 7) is 0.228. The molecule has 1 heterocycles. The largest absolute Gasteiger partial charge is 0.416 e. The number of benzene rings is 1. The van der Waals surface area contributed by atoms with Crippen LogP contribution in [0.4, 0.5) is 13.2 Å². The van der Waals surface area contributed by atoms with Gasteiger partial charge in [-0.15, -0.1) is 0 Å². The second-order valence-electron chi connectivity index (χ2n) is 5.48. The van der Waals surface area contributed by atoms with Crippen LogP contribution in [0.2, 0.25) is 0 Å². The Morgan fingerprint density at radius 1 is 1.24 bits per heavy atom. The van der Waals surface area contributed by atoms with Crippen molar-refractivity contribution in [1.82, 2.24) is 0 Å². The molecule has 3 nitrogen and oxygen atoms in total. The van der Waals surface area contributed by atoms with Crippen molar-refractivity contribution in [2.45, 2.75) is 24.9 Å². The summed E-state index contributed by atoms with van der Waals surface area (Å²) in [6.07, 6.45) is -3.04. The highest BCUT2D eigenvalue weighted by Crippen LogP contribution is 2.34. The van der Waals surface area contributed by atoms with Crippen LogP contribution in [0.1, 0.15) is 29.9 Å². The van der Waals surface area contributed by atoms with E-state index in [1.165, 1.54) is 12.1 Å². The lowest BCUT2D eigenvalue weighted by Crippen LogP contribution is -2.32. The van der Waals surface area contributed by atoms with Crippen LogP contribution in [0.3, 0.4) is 0 Å². The molecule has 2 N–H and O–H groups in total. The van der Waals surface area contributed by atoms with E-state index in [9.17, 15) is 21.6 Å². The molecule has 2 atom stereocenters. The third-order valence-electron chi connectivity index (χ3n) is 3.99. The van der Waals surface area contributed by atoms with Gasteiger partial charge >= 0.3 is 6.18 Å². The number of hydrogen-bond acceptors (Lipinski definition) is 3. The zero-order valence-electron chi connectivity index (χ0n) is 11.4. The Labute approximate surface area is 122 Å². The molecule has 0 aromatic heterocycles. The fourth-order valence-corrected chi connectivity index (χ4v) is 4.72. The lowest BCUT2D eigenvalue weighted by Gasteiger charge is -2.29. The number of rotatable bonds is 3. The highest BCUT2D eigenvalue weighted by molar-refractivity contribution is 7.91. The fraction of sp³-hybridized carbons (Fsp3) is 0.571. The van der Waals surface area contributed by atoms with Gasteiger partial charge in [0.1, 0.15) is 0 Å². The van der Waals surface area contributed by atoms with Crippen molar-refractivity contribution >= 4 is 9.84 Å². The Balaban J connectivity index is 2.21. The van der Waals surface area contributed by atoms with Crippen molar-refractivity contribution < 1.29 is 21.6 Å². The fourth-order valence-electron chi connectivity index (χ4n) is 2.90. The molecule has 21 heavy (non-hydrogen) atoms. The Bertz CT molecular complexity index is 581. The van der Waals surface area contributed by atoms with Gasteiger partial charge in [0.15, 0.2) is 9.84 Å². The van der Waals surface area contributed by atoms with Gasteiger partial charge in [0, 0.05) is 0 Å². The van der Waals surface area contributed by atoms with Gasteiger partial charge in [-0.1, -0.05) is 12.1 Å². The average Bonchev–Trinajstić information content (AvgIpc) is 2.38. The SMILES string of the molecule is NCC(c1ccc(C(F)(F)F)cc1)C1CCCS(=O)(=O)C1. The highest BCUT2D eigenvalue weighted by atomic mass is 32.2. The summed E-state index contributed by atoms with van der Waals surface area (Å²) in [5.74, 6) is -0.0863. The van der Waals surface area contributed by atoms with Crippen molar-refractivity contribution in [2.24, 2.45) is 11.7 Å². The zero-order chi connectivity index (χ0) is 15.7. The Morgan fingerprint density at radius 3 is 2.33 bits per heavy atom. The van der Waals surface area contributed by atoms with Crippen molar-refractivity contribution in [3.8, 4) is 0 Å². The van der Waals surface area contributed by atoms with Crippen LogP contribution in [0, 0.1) is 5.92 Å². The molecular formula is C14H18F3NO2S. The van der Waals surface area contributed by atoms with E-state index in [1.807, 2.05) is 0 Å². The van der Waals surface area contributed by atoms with E-state index in [0.717, 1.165) is 18.6 Å². The predicted octanol–water partition coefficient (Wildman–Crippen LogP) is 2.57. The zero-order valence-corrected chi connectivity index (χ0v) is 12.3. The summed E-state index contributed by atoms with van der Waals surface area (Å²) in [7, 11) is -3.06. The first-order valence-corrected chi connectivity index (χ1v) is 8.63. The van der Waals surface area contributed by atoms with Crippen molar-refractivity contribution in [3.63, 3.8) is 0 Å². The van der Waals surface area contributed by atoms with Gasteiger partial charge in [0.25, 0.3) is 0 Å². The number of halogens is 3. The average molecular weight is 321 g/mol. The van der Waals surface area contributed by atoms with E-state index in [4.69, 9.17) is 5.73 Å². The Morgan fingerprint density at radius 2 is 1.86 bits per heavy atom. The normalized spacial score (nSPS) is 23.7. The van der Waals surface area contributed by atoms with Gasteiger partial charge in [-0.2, -0.15) is 13.2 Å². The lowest BCUT2D eigenvalue weighted by molar-refractivity contribution is -0.137. The van der Waals surface area contributed by atoms with E-state index in [-0.39, 0.29) is 29.9 Å². The maximum absolute atomic E-state index is 12.6. The summed E-state index contributed by atoms with van der Waals surface area (Å²) < 4.78 is 61.1. The van der Waals surface area contributed by atoms with Crippen LogP contribution >= 0.6 is 0 Å². The molecule has 1 aromatic carbocycles. The summed E-state index contributed by atoms with van der Waals surface area (Å²) in [4.78, 5) is 0. The molecule has 0 spiro atoms. The van der Waals surface area contributed by atoms with Crippen molar-refractivity contribution in [2.75, 3.05) is 18.1 Å². The molecule has 1 aliphatic heterocycles. The summed E-state index contributed by atoms with van der Waals surface area (Å²) >= 11 is 0. The van der Waals surface area contributed by atoms with E-state index in [2.05, 4.69) is 0 Å². The van der Waals surface area contributed by atoms with Gasteiger partial charge in [0.2, 0.25) is 0 Å². The molecule has 1 saturated heterocycles. The molecular weight excluding hydrogens is 303 g/mol. The third-order valence-corrected chi connectivity index (χ3v) is 5.83. The third kappa shape index (κ3) is 3.97. The summed E-state index contributed by atoms with van der Waals surface area (Å²) in [5.41, 5.74) is 5.69. The molecule has 1 aliphatic rings. The van der Waals surface area contributed by atoms with Gasteiger partial charge < -0.3 is 5.73 Å². The lowest BCUT2D eigenvalue weighted by atomic mass is 9.84. The van der Waals surface area contributed by atoms with Crippen LogP contribution in [0.5, 0.6) is 0 Å². The first-order valence-electron chi connectivity index (χ1n) is 6.80. The molecule has 0 aliphatic carbocycles. The predicted molar refractivity (Wildman–Crippen MR) is 74.6 cm³/mol. The first-order chi connectivity index (χ1) is 9.73. The van der Waals surface area contributed by atoms with Gasteiger partial charge in [-0.3, -0.25) is 0 Å². The maximum atomic E-state index is 12.6. The van der Waals surface area contributed by atoms with E-state index < -0.39 is 21.6 Å². The molecule has 0 amide bonds. The Hall–Kier alpha value is -1.08. The first kappa shape index (κ1) is 16.3. The van der Waals surface area contributed by atoms with E-state index in [1.54, 1.807) is 0 Å². The van der Waals surface area contributed by atoms with Gasteiger partial charge in [-0.25, -0.2) is 8.42 Å². The van der Waals surface area contributed by atoms with Crippen molar-refractivity contribution in [1.29, 1.82) is 0 Å². The maximum Gasteiger partial charge on any atom is 0.416 e. The molecule has 118 valence electrons. The minimum Gasteiger partial charge on any atom is -0.330 e. The van der Waals surface area contributed by atoms with Crippen LogP contribution in [-0.2, 0) is 16.0 Å². The second-order valence-corrected chi connectivity index (χ2v) is 7.71. The highest BCUT2D eigenvalue weighted by Gasteiger charge is 2.33. The molecule has 0 saturated carbocycles. The molecule has 0 radical (unpaired) electrons. The smallest absolute Gasteiger partial charge is 0.330 e. The molecule has 7 heteroatoms. The molecule has 1 aromatic rings. The standard InChI is InChI=1S/C14H18F3NO2S/c15-14(16,17)12-5-3-10(4-6-12)13(8-18)11-2-1-7-21(19,20)9-11/h3-6,11,13H,1-2,7-9,18H2. The monoisotopic (exact) mass is 321 g/mol. The summed E-state index contributed by atoms with van der Waals surface area (Å²) in [5, 5.41) is 0. The van der Waals surface area contributed by atoms with Gasteiger partial charge in [-0.05, 0) is 48.9 Å². The number of hydrogen-bond donors (Lipinski definition) is 1. The number of alkyl halides is 3. The minimum atomic E-state index is -4.37. The molecule has 1 fully saturated rings. The molecule has 0 bridgehead atoms. The summed E-state index contributed by atoms with van der Waals surface area (Å²) in [6, 6.07) is 4.85. The van der Waals surface area contributed by atoms with Crippen LogP contribution in [0.15, 0.2) is 24.3 Å². The van der Waals surface area contributed by atoms with Crippen LogP contribution < -0.4 is 5.73 Å². The molecule has 2 unspecified atom stereocenters. The second kappa shape index (κ2) is 5.96.